The largest absolute Gasteiger partial charge is 0.417 e. The Morgan fingerprint density at radius 3 is 2.34 bits per heavy atom. The van der Waals surface area contributed by atoms with Crippen molar-refractivity contribution in [3.05, 3.63) is 53.6 Å². The van der Waals surface area contributed by atoms with E-state index in [2.05, 4.69) is 10.2 Å². The van der Waals surface area contributed by atoms with Crippen molar-refractivity contribution in [2.45, 2.75) is 51.1 Å². The van der Waals surface area contributed by atoms with Gasteiger partial charge < -0.3 is 10.2 Å². The van der Waals surface area contributed by atoms with Crippen molar-refractivity contribution in [2.75, 3.05) is 25.0 Å². The molecule has 0 unspecified atom stereocenters. The summed E-state index contributed by atoms with van der Waals surface area (Å²) in [7, 11) is 0. The molecular weight excluding hydrogens is 427 g/mol. The summed E-state index contributed by atoms with van der Waals surface area (Å²) in [5, 5.41) is 2.49. The van der Waals surface area contributed by atoms with E-state index in [-0.39, 0.29) is 18.0 Å². The molecule has 174 valence electrons. The third-order valence-corrected chi connectivity index (χ3v) is 5.68. The Kier molecular flexibility index (Phi) is 8.23. The van der Waals surface area contributed by atoms with Gasteiger partial charge >= 0.3 is 6.18 Å². The molecule has 0 saturated carbocycles. The van der Waals surface area contributed by atoms with Crippen LogP contribution in [-0.4, -0.2) is 30.4 Å². The molecule has 0 atom stereocenters. The Morgan fingerprint density at radius 1 is 0.938 bits per heavy atom. The van der Waals surface area contributed by atoms with Crippen LogP contribution in [0.1, 0.15) is 50.5 Å². The Morgan fingerprint density at radius 2 is 1.66 bits per heavy atom. The summed E-state index contributed by atoms with van der Waals surface area (Å²) >= 11 is 0. The van der Waals surface area contributed by atoms with Gasteiger partial charge in [-0.25, -0.2) is 8.78 Å². The molecular formula is C24H27F5N2O. The first kappa shape index (κ1) is 24.2. The highest BCUT2D eigenvalue weighted by Gasteiger charge is 2.35. The van der Waals surface area contributed by atoms with Crippen molar-refractivity contribution in [3.63, 3.8) is 0 Å². The van der Waals surface area contributed by atoms with Gasteiger partial charge in [-0.05, 0) is 69.1 Å². The van der Waals surface area contributed by atoms with Gasteiger partial charge in [-0.15, -0.1) is 0 Å². The van der Waals surface area contributed by atoms with Crippen LogP contribution >= 0.6 is 0 Å². The zero-order valence-corrected chi connectivity index (χ0v) is 17.8. The summed E-state index contributed by atoms with van der Waals surface area (Å²) in [6.07, 6.45) is 1.78. The molecule has 2 aromatic carbocycles. The fourth-order valence-electron chi connectivity index (χ4n) is 4.01. The Labute approximate surface area is 184 Å². The van der Waals surface area contributed by atoms with E-state index in [1.165, 1.54) is 31.7 Å². The number of unbranched alkanes of at least 4 members (excludes halogenated alkanes) is 1. The third-order valence-electron chi connectivity index (χ3n) is 5.68. The summed E-state index contributed by atoms with van der Waals surface area (Å²) in [6, 6.07) is 6.16. The van der Waals surface area contributed by atoms with Crippen molar-refractivity contribution in [1.82, 2.24) is 4.90 Å². The monoisotopic (exact) mass is 454 g/mol. The van der Waals surface area contributed by atoms with Crippen molar-refractivity contribution >= 4 is 11.6 Å². The predicted molar refractivity (Wildman–Crippen MR) is 114 cm³/mol. The highest BCUT2D eigenvalue weighted by molar-refractivity contribution is 5.91. The van der Waals surface area contributed by atoms with Gasteiger partial charge in [-0.3, -0.25) is 4.79 Å². The van der Waals surface area contributed by atoms with E-state index >= 15 is 0 Å². The smallest absolute Gasteiger partial charge is 0.326 e. The molecule has 1 aliphatic heterocycles. The average Bonchev–Trinajstić information content (AvgIpc) is 3.02. The molecule has 1 heterocycles. The van der Waals surface area contributed by atoms with Crippen molar-refractivity contribution in [3.8, 4) is 11.1 Å². The number of likely N-dealkylation sites (tertiary alicyclic amines) is 1. The third kappa shape index (κ3) is 6.51. The SMILES string of the molecule is O=C(CCCCN1CCCCCC1)Nc1ccc(-c2cccc(F)c2F)c(C(F)(F)F)c1. The van der Waals surface area contributed by atoms with E-state index < -0.39 is 34.5 Å². The van der Waals surface area contributed by atoms with Gasteiger partial charge in [0.05, 0.1) is 5.56 Å². The van der Waals surface area contributed by atoms with Crippen molar-refractivity contribution in [1.29, 1.82) is 0 Å². The number of benzene rings is 2. The summed E-state index contributed by atoms with van der Waals surface area (Å²) < 4.78 is 68.4. The zero-order chi connectivity index (χ0) is 23.1. The number of amides is 1. The maximum atomic E-state index is 14.1. The molecule has 8 heteroatoms. The standard InChI is InChI=1S/C24H27F5N2O/c25-21-9-7-8-19(23(21)26)18-12-11-17(16-20(18)24(27,28)29)30-22(32)10-3-6-15-31-13-4-1-2-5-14-31/h7-9,11-12,16H,1-6,10,13-15H2,(H,30,32). The molecule has 0 spiro atoms. The lowest BCUT2D eigenvalue weighted by atomic mass is 9.98. The Bertz CT molecular complexity index is 921. The summed E-state index contributed by atoms with van der Waals surface area (Å²) in [6.45, 7) is 3.06. The fraction of sp³-hybridized carbons (Fsp3) is 0.458. The van der Waals surface area contributed by atoms with E-state index in [0.717, 1.165) is 56.4 Å². The molecule has 2 aromatic rings. The first-order valence-electron chi connectivity index (χ1n) is 10.9. The van der Waals surface area contributed by atoms with E-state index in [1.807, 2.05) is 0 Å². The lowest BCUT2D eigenvalue weighted by Gasteiger charge is -2.19. The van der Waals surface area contributed by atoms with E-state index in [9.17, 15) is 26.7 Å². The fourth-order valence-corrected chi connectivity index (χ4v) is 4.01. The minimum absolute atomic E-state index is 0.0320. The van der Waals surface area contributed by atoms with Crippen LogP contribution in [-0.2, 0) is 11.0 Å². The highest BCUT2D eigenvalue weighted by Crippen LogP contribution is 2.39. The Balaban J connectivity index is 1.63. The van der Waals surface area contributed by atoms with Gasteiger partial charge in [0.15, 0.2) is 11.6 Å². The average molecular weight is 454 g/mol. The molecule has 0 aromatic heterocycles. The van der Waals surface area contributed by atoms with E-state index in [0.29, 0.717) is 6.42 Å². The molecule has 32 heavy (non-hydrogen) atoms. The molecule has 1 fully saturated rings. The minimum atomic E-state index is -4.80. The normalized spacial score (nSPS) is 15.4. The van der Waals surface area contributed by atoms with E-state index in [4.69, 9.17) is 0 Å². The Hall–Kier alpha value is -2.48. The quantitative estimate of drug-likeness (QED) is 0.376. The van der Waals surface area contributed by atoms with Gasteiger partial charge in [0.25, 0.3) is 0 Å². The first-order valence-corrected chi connectivity index (χ1v) is 10.9. The summed E-state index contributed by atoms with van der Waals surface area (Å²) in [5.41, 5.74) is -2.13. The van der Waals surface area contributed by atoms with Crippen LogP contribution in [0, 0.1) is 11.6 Å². The van der Waals surface area contributed by atoms with Crippen LogP contribution in [0.4, 0.5) is 27.6 Å². The molecule has 1 amide bonds. The number of nitrogens with one attached hydrogen (secondary N) is 1. The molecule has 3 nitrogen and oxygen atoms in total. The lowest BCUT2D eigenvalue weighted by molar-refractivity contribution is -0.137. The van der Waals surface area contributed by atoms with Crippen LogP contribution in [0.3, 0.4) is 0 Å². The number of carbonyl (C=O) groups excluding carboxylic acids is 1. The van der Waals surface area contributed by atoms with Crippen LogP contribution in [0.25, 0.3) is 11.1 Å². The maximum Gasteiger partial charge on any atom is 0.417 e. The van der Waals surface area contributed by atoms with Crippen LogP contribution in [0.5, 0.6) is 0 Å². The number of carbonyl (C=O) groups is 1. The molecule has 3 rings (SSSR count). The van der Waals surface area contributed by atoms with Crippen molar-refractivity contribution < 1.29 is 26.7 Å². The van der Waals surface area contributed by atoms with Crippen LogP contribution in [0.2, 0.25) is 0 Å². The molecule has 0 radical (unpaired) electrons. The van der Waals surface area contributed by atoms with Gasteiger partial charge in [-0.2, -0.15) is 13.2 Å². The molecule has 1 aliphatic rings. The number of halogens is 5. The molecule has 1 saturated heterocycles. The second-order valence-corrected chi connectivity index (χ2v) is 8.12. The molecule has 1 N–H and O–H groups in total. The van der Waals surface area contributed by atoms with Crippen molar-refractivity contribution in [2.24, 2.45) is 0 Å². The van der Waals surface area contributed by atoms with Gasteiger partial charge in [0.2, 0.25) is 5.91 Å². The first-order chi connectivity index (χ1) is 15.3. The van der Waals surface area contributed by atoms with Gasteiger partial charge in [0.1, 0.15) is 0 Å². The topological polar surface area (TPSA) is 32.3 Å². The number of hydrogen-bond donors (Lipinski definition) is 1. The second-order valence-electron chi connectivity index (χ2n) is 8.12. The lowest BCUT2D eigenvalue weighted by Crippen LogP contribution is -2.25. The minimum Gasteiger partial charge on any atom is -0.326 e. The zero-order valence-electron chi connectivity index (χ0n) is 17.8. The van der Waals surface area contributed by atoms with Gasteiger partial charge in [-0.1, -0.05) is 31.0 Å². The highest BCUT2D eigenvalue weighted by atomic mass is 19.4. The number of alkyl halides is 3. The maximum absolute atomic E-state index is 14.1. The number of nitrogens with zero attached hydrogens (tertiary/aromatic N) is 1. The van der Waals surface area contributed by atoms with E-state index in [1.54, 1.807) is 0 Å². The summed E-state index contributed by atoms with van der Waals surface area (Å²) in [4.78, 5) is 14.6. The van der Waals surface area contributed by atoms with Crippen LogP contribution < -0.4 is 5.32 Å². The number of hydrogen-bond acceptors (Lipinski definition) is 2. The molecule has 0 bridgehead atoms. The second kappa shape index (κ2) is 10.9. The molecule has 0 aliphatic carbocycles. The predicted octanol–water partition coefficient (Wildman–Crippen LogP) is 6.64. The number of anilines is 1. The van der Waals surface area contributed by atoms with Crippen LogP contribution in [0.15, 0.2) is 36.4 Å². The van der Waals surface area contributed by atoms with Gasteiger partial charge in [0, 0.05) is 17.7 Å². The summed E-state index contributed by atoms with van der Waals surface area (Å²) in [5.74, 6) is -2.95. The number of rotatable bonds is 7.